The van der Waals surface area contributed by atoms with Crippen molar-refractivity contribution in [3.8, 4) is 0 Å². The second-order valence-electron chi connectivity index (χ2n) is 7.47. The van der Waals surface area contributed by atoms with E-state index in [0.717, 1.165) is 11.1 Å². The average Bonchev–Trinajstić information content (AvgIpc) is 3.17. The van der Waals surface area contributed by atoms with Crippen LogP contribution in [0, 0.1) is 5.41 Å². The molecule has 1 amide bonds. The molecule has 3 aromatic rings. The number of amides is 1. The molecule has 34 heavy (non-hydrogen) atoms. The summed E-state index contributed by atoms with van der Waals surface area (Å²) in [5.41, 5.74) is 8.90. The van der Waals surface area contributed by atoms with E-state index in [1.165, 1.54) is 7.11 Å². The number of benzene rings is 2. The van der Waals surface area contributed by atoms with Crippen LogP contribution in [0.1, 0.15) is 32.0 Å². The van der Waals surface area contributed by atoms with Gasteiger partial charge in [-0.15, -0.1) is 0 Å². The predicted molar refractivity (Wildman–Crippen MR) is 135 cm³/mol. The minimum atomic E-state index is -0.602. The molecular formula is C26H27N5O3. The molecule has 0 aliphatic rings. The van der Waals surface area contributed by atoms with E-state index in [1.807, 2.05) is 18.2 Å². The monoisotopic (exact) mass is 457 g/mol. The SMILES string of the molecule is C=C/C(=C\C=NC)CNC(=O)c1c(C(=O)OC)c2ccccc2n1Cc1cccc(C(=N)N)c1. The lowest BCUT2D eigenvalue weighted by molar-refractivity contribution is 0.0598. The molecular weight excluding hydrogens is 430 g/mol. The molecule has 8 heteroatoms. The van der Waals surface area contributed by atoms with Gasteiger partial charge in [-0.2, -0.15) is 0 Å². The first-order valence-electron chi connectivity index (χ1n) is 10.6. The van der Waals surface area contributed by atoms with Gasteiger partial charge < -0.3 is 20.4 Å². The number of fused-ring (bicyclic) bond motifs is 1. The van der Waals surface area contributed by atoms with E-state index in [4.69, 9.17) is 15.9 Å². The lowest BCUT2D eigenvalue weighted by Gasteiger charge is -2.13. The van der Waals surface area contributed by atoms with Gasteiger partial charge in [0.25, 0.3) is 5.91 Å². The summed E-state index contributed by atoms with van der Waals surface area (Å²) in [6.45, 7) is 4.26. The topological polar surface area (TPSA) is 123 Å². The molecule has 0 bridgehead atoms. The van der Waals surface area contributed by atoms with Gasteiger partial charge in [0.15, 0.2) is 0 Å². The van der Waals surface area contributed by atoms with Crippen LogP contribution in [0.15, 0.2) is 77.8 Å². The van der Waals surface area contributed by atoms with Crippen LogP contribution in [0.4, 0.5) is 0 Å². The molecule has 1 heterocycles. The van der Waals surface area contributed by atoms with Crippen LogP contribution in [0.3, 0.4) is 0 Å². The number of nitrogens with two attached hydrogens (primary N) is 1. The Morgan fingerprint density at radius 1 is 1.24 bits per heavy atom. The number of nitrogen functional groups attached to an aromatic ring is 1. The van der Waals surface area contributed by atoms with E-state index in [-0.39, 0.29) is 30.2 Å². The molecule has 0 aliphatic heterocycles. The summed E-state index contributed by atoms with van der Waals surface area (Å²) in [6.07, 6.45) is 4.99. The van der Waals surface area contributed by atoms with Gasteiger partial charge in [0.05, 0.1) is 12.7 Å². The van der Waals surface area contributed by atoms with Gasteiger partial charge in [-0.3, -0.25) is 15.2 Å². The van der Waals surface area contributed by atoms with Crippen LogP contribution in [-0.4, -0.2) is 49.2 Å². The third-order valence-electron chi connectivity index (χ3n) is 5.31. The van der Waals surface area contributed by atoms with Gasteiger partial charge in [0, 0.05) is 42.8 Å². The van der Waals surface area contributed by atoms with Crippen molar-refractivity contribution in [2.24, 2.45) is 10.7 Å². The Bertz CT molecular complexity index is 1320. The van der Waals surface area contributed by atoms with Gasteiger partial charge >= 0.3 is 5.97 Å². The fourth-order valence-electron chi connectivity index (χ4n) is 3.67. The lowest BCUT2D eigenvalue weighted by atomic mass is 10.1. The zero-order valence-corrected chi connectivity index (χ0v) is 19.2. The molecule has 0 saturated heterocycles. The molecule has 4 N–H and O–H groups in total. The summed E-state index contributed by atoms with van der Waals surface area (Å²) in [6, 6.07) is 14.5. The second kappa shape index (κ2) is 10.9. The number of para-hydroxylation sites is 1. The van der Waals surface area contributed by atoms with Gasteiger partial charge in [0.1, 0.15) is 11.5 Å². The number of methoxy groups -OCH3 is 1. The highest BCUT2D eigenvalue weighted by Crippen LogP contribution is 2.28. The summed E-state index contributed by atoms with van der Waals surface area (Å²) in [4.78, 5) is 30.2. The Hall–Kier alpha value is -4.46. The van der Waals surface area contributed by atoms with E-state index >= 15 is 0 Å². The van der Waals surface area contributed by atoms with Crippen LogP contribution in [0.25, 0.3) is 10.9 Å². The highest BCUT2D eigenvalue weighted by Gasteiger charge is 2.27. The van der Waals surface area contributed by atoms with Gasteiger partial charge in [-0.1, -0.05) is 49.1 Å². The van der Waals surface area contributed by atoms with Crippen molar-refractivity contribution in [3.05, 3.63) is 95.2 Å². The number of allylic oxidation sites excluding steroid dienone is 1. The van der Waals surface area contributed by atoms with Gasteiger partial charge in [-0.25, -0.2) is 4.79 Å². The lowest BCUT2D eigenvalue weighted by Crippen LogP contribution is -2.29. The van der Waals surface area contributed by atoms with Gasteiger partial charge in [-0.05, 0) is 29.3 Å². The van der Waals surface area contributed by atoms with Crippen molar-refractivity contribution in [1.82, 2.24) is 9.88 Å². The zero-order chi connectivity index (χ0) is 24.7. The molecule has 0 atom stereocenters. The predicted octanol–water partition coefficient (Wildman–Crippen LogP) is 3.30. The first-order valence-corrected chi connectivity index (χ1v) is 10.6. The molecule has 0 aliphatic carbocycles. The van der Waals surface area contributed by atoms with Crippen molar-refractivity contribution in [2.75, 3.05) is 20.7 Å². The van der Waals surface area contributed by atoms with Crippen LogP contribution in [0.2, 0.25) is 0 Å². The number of carbonyl (C=O) groups excluding carboxylic acids is 2. The van der Waals surface area contributed by atoms with E-state index < -0.39 is 11.9 Å². The summed E-state index contributed by atoms with van der Waals surface area (Å²) >= 11 is 0. The molecule has 2 aromatic carbocycles. The molecule has 174 valence electrons. The molecule has 0 unspecified atom stereocenters. The third kappa shape index (κ3) is 5.12. The molecule has 0 spiro atoms. The molecule has 0 radical (unpaired) electrons. The smallest absolute Gasteiger partial charge is 0.340 e. The summed E-state index contributed by atoms with van der Waals surface area (Å²) in [5, 5.41) is 11.2. The van der Waals surface area contributed by atoms with E-state index in [1.54, 1.807) is 60.3 Å². The number of rotatable bonds is 9. The highest BCUT2D eigenvalue weighted by atomic mass is 16.5. The molecule has 8 nitrogen and oxygen atoms in total. The largest absolute Gasteiger partial charge is 0.465 e. The van der Waals surface area contributed by atoms with Crippen molar-refractivity contribution in [2.45, 2.75) is 6.54 Å². The summed E-state index contributed by atoms with van der Waals surface area (Å²) in [7, 11) is 2.94. The maximum atomic E-state index is 13.4. The maximum Gasteiger partial charge on any atom is 0.340 e. The second-order valence-corrected chi connectivity index (χ2v) is 7.47. The number of aromatic nitrogens is 1. The Labute approximate surface area is 197 Å². The highest BCUT2D eigenvalue weighted by molar-refractivity contribution is 6.14. The fraction of sp³-hybridized carbons (Fsp3) is 0.154. The summed E-state index contributed by atoms with van der Waals surface area (Å²) in [5.74, 6) is -1.08. The third-order valence-corrected chi connectivity index (χ3v) is 5.31. The Balaban J connectivity index is 2.13. The Morgan fingerprint density at radius 3 is 2.68 bits per heavy atom. The quantitative estimate of drug-likeness (QED) is 0.197. The molecule has 0 fully saturated rings. The number of hydrogen-bond acceptors (Lipinski definition) is 5. The first-order chi connectivity index (χ1) is 16.4. The number of nitrogens with one attached hydrogen (secondary N) is 2. The number of aliphatic imine (C=N–C) groups is 1. The Morgan fingerprint density at radius 2 is 2.00 bits per heavy atom. The standard InChI is InChI=1S/C26H27N5O3/c1-4-17(12-13-29-2)15-30-25(32)23-22(26(33)34-3)20-10-5-6-11-21(20)31(23)16-18-8-7-9-19(14-18)24(27)28/h4-14H,1,15-16H2,2-3H3,(H3,27,28)(H,30,32)/b17-12+,29-13?. The van der Waals surface area contributed by atoms with Crippen LogP contribution in [0.5, 0.6) is 0 Å². The normalized spacial score (nSPS) is 11.5. The fourth-order valence-corrected chi connectivity index (χ4v) is 3.67. The van der Waals surface area contributed by atoms with E-state index in [2.05, 4.69) is 16.9 Å². The minimum absolute atomic E-state index is 0.0493. The number of nitrogens with zero attached hydrogens (tertiary/aromatic N) is 2. The zero-order valence-electron chi connectivity index (χ0n) is 19.2. The van der Waals surface area contributed by atoms with Crippen LogP contribution in [-0.2, 0) is 11.3 Å². The molecule has 0 saturated carbocycles. The van der Waals surface area contributed by atoms with E-state index in [9.17, 15) is 9.59 Å². The van der Waals surface area contributed by atoms with Gasteiger partial charge in [0.2, 0.25) is 0 Å². The number of carbonyl (C=O) groups is 2. The first kappa shape index (κ1) is 24.2. The number of amidine groups is 1. The van der Waals surface area contributed by atoms with Crippen LogP contribution >= 0.6 is 0 Å². The van der Waals surface area contributed by atoms with Crippen molar-refractivity contribution in [1.29, 1.82) is 5.41 Å². The number of esters is 1. The minimum Gasteiger partial charge on any atom is -0.465 e. The number of ether oxygens (including phenoxy) is 1. The van der Waals surface area contributed by atoms with E-state index in [0.29, 0.717) is 16.5 Å². The van der Waals surface area contributed by atoms with Crippen molar-refractivity contribution in [3.63, 3.8) is 0 Å². The number of hydrogen-bond donors (Lipinski definition) is 3. The van der Waals surface area contributed by atoms with Crippen LogP contribution < -0.4 is 11.1 Å². The van der Waals surface area contributed by atoms with Crippen molar-refractivity contribution < 1.29 is 14.3 Å². The Kier molecular flexibility index (Phi) is 7.76. The molecule has 1 aromatic heterocycles. The maximum absolute atomic E-state index is 13.4. The summed E-state index contributed by atoms with van der Waals surface area (Å²) < 4.78 is 6.81. The average molecular weight is 458 g/mol. The van der Waals surface area contributed by atoms with Crippen molar-refractivity contribution >= 4 is 34.8 Å². The molecule has 3 rings (SSSR count).